The SMILES string of the molecule is CC(C#N)=C1c2ccc(Cn3c(C4CC4)nc4c(C)cccc43)cc2COc2ccccc21. The van der Waals surface area contributed by atoms with E-state index in [-0.39, 0.29) is 0 Å². The van der Waals surface area contributed by atoms with Gasteiger partial charge in [0.25, 0.3) is 0 Å². The van der Waals surface area contributed by atoms with Gasteiger partial charge in [0.15, 0.2) is 0 Å². The fourth-order valence-electron chi connectivity index (χ4n) is 4.98. The van der Waals surface area contributed by atoms with Gasteiger partial charge in [0.1, 0.15) is 18.2 Å². The van der Waals surface area contributed by atoms with Crippen LogP contribution >= 0.6 is 0 Å². The van der Waals surface area contributed by atoms with Crippen molar-refractivity contribution in [3.8, 4) is 11.8 Å². The first-order valence-corrected chi connectivity index (χ1v) is 11.5. The largest absolute Gasteiger partial charge is 0.488 e. The minimum atomic E-state index is 0.488. The minimum Gasteiger partial charge on any atom is -0.488 e. The van der Waals surface area contributed by atoms with Gasteiger partial charge in [-0.05, 0) is 67.1 Å². The van der Waals surface area contributed by atoms with Crippen molar-refractivity contribution in [2.45, 2.75) is 45.8 Å². The van der Waals surface area contributed by atoms with Crippen LogP contribution in [-0.2, 0) is 13.2 Å². The molecule has 1 aromatic heterocycles. The highest BCUT2D eigenvalue weighted by molar-refractivity contribution is 5.88. The number of allylic oxidation sites excluding steroid dienone is 1. The highest BCUT2D eigenvalue weighted by Gasteiger charge is 2.30. The van der Waals surface area contributed by atoms with Crippen molar-refractivity contribution in [3.63, 3.8) is 0 Å². The molecule has 6 rings (SSSR count). The van der Waals surface area contributed by atoms with Crippen molar-refractivity contribution in [1.82, 2.24) is 9.55 Å². The van der Waals surface area contributed by atoms with Crippen molar-refractivity contribution in [2.75, 3.05) is 0 Å². The van der Waals surface area contributed by atoms with E-state index in [2.05, 4.69) is 54.0 Å². The highest BCUT2D eigenvalue weighted by atomic mass is 16.5. The highest BCUT2D eigenvalue weighted by Crippen LogP contribution is 2.42. The second-order valence-corrected chi connectivity index (χ2v) is 9.16. The molecule has 4 nitrogen and oxygen atoms in total. The van der Waals surface area contributed by atoms with Gasteiger partial charge in [0.05, 0.1) is 17.1 Å². The molecule has 0 radical (unpaired) electrons. The average Bonchev–Trinajstić information content (AvgIpc) is 3.63. The van der Waals surface area contributed by atoms with E-state index in [0.717, 1.165) is 40.1 Å². The van der Waals surface area contributed by atoms with Gasteiger partial charge in [0.2, 0.25) is 0 Å². The molecule has 4 heteroatoms. The van der Waals surface area contributed by atoms with Crippen molar-refractivity contribution in [3.05, 3.63) is 99.9 Å². The lowest BCUT2D eigenvalue weighted by atomic mass is 9.90. The normalized spacial score (nSPS) is 16.4. The standard InChI is InChI=1S/C29H25N3O/c1-18-6-5-8-25-28(18)31-29(21-11-12-21)32(25)16-20-10-13-23-22(14-20)17-33-26-9-4-3-7-24(26)27(23)19(2)15-30/h3-10,13-14,21H,11-12,16-17H2,1-2H3. The van der Waals surface area contributed by atoms with Crippen molar-refractivity contribution >= 4 is 16.6 Å². The number of aromatic nitrogens is 2. The fourth-order valence-corrected chi connectivity index (χ4v) is 4.98. The first-order valence-electron chi connectivity index (χ1n) is 11.5. The van der Waals surface area contributed by atoms with Crippen LogP contribution in [0.1, 0.15) is 59.3 Å². The first kappa shape index (κ1) is 19.8. The quantitative estimate of drug-likeness (QED) is 0.348. The van der Waals surface area contributed by atoms with Gasteiger partial charge in [-0.2, -0.15) is 5.26 Å². The Bertz CT molecular complexity index is 1480. The van der Waals surface area contributed by atoms with Crippen LogP contribution in [0.25, 0.3) is 16.6 Å². The summed E-state index contributed by atoms with van der Waals surface area (Å²) in [4.78, 5) is 5.04. The van der Waals surface area contributed by atoms with Crippen LogP contribution in [0.15, 0.2) is 66.2 Å². The Balaban J connectivity index is 1.46. The summed E-state index contributed by atoms with van der Waals surface area (Å²) in [6.07, 6.45) is 2.44. The maximum absolute atomic E-state index is 9.71. The number of nitriles is 1. The molecule has 3 aromatic carbocycles. The van der Waals surface area contributed by atoms with Crippen molar-refractivity contribution < 1.29 is 4.74 Å². The monoisotopic (exact) mass is 431 g/mol. The topological polar surface area (TPSA) is 50.8 Å². The average molecular weight is 432 g/mol. The Morgan fingerprint density at radius 3 is 2.76 bits per heavy atom. The summed E-state index contributed by atoms with van der Waals surface area (Å²) in [5.41, 5.74) is 9.61. The number of imidazole rings is 1. The molecule has 0 unspecified atom stereocenters. The summed E-state index contributed by atoms with van der Waals surface area (Å²) in [5, 5.41) is 9.71. The molecule has 33 heavy (non-hydrogen) atoms. The maximum atomic E-state index is 9.71. The summed E-state index contributed by atoms with van der Waals surface area (Å²) in [6, 6.07) is 23.4. The number of aryl methyl sites for hydroxylation is 1. The van der Waals surface area contributed by atoms with Gasteiger partial charge in [-0.25, -0.2) is 4.98 Å². The van der Waals surface area contributed by atoms with Crippen LogP contribution in [0.4, 0.5) is 0 Å². The van der Waals surface area contributed by atoms with E-state index in [0.29, 0.717) is 18.1 Å². The molecule has 4 aromatic rings. The van der Waals surface area contributed by atoms with E-state index in [4.69, 9.17) is 9.72 Å². The molecule has 0 atom stereocenters. The number of hydrogen-bond acceptors (Lipinski definition) is 3. The number of para-hydroxylation sites is 2. The Labute approximate surface area is 193 Å². The Morgan fingerprint density at radius 2 is 1.94 bits per heavy atom. The van der Waals surface area contributed by atoms with Gasteiger partial charge in [-0.1, -0.05) is 42.5 Å². The number of ether oxygens (including phenoxy) is 1. The Kier molecular flexibility index (Phi) is 4.58. The first-order chi connectivity index (χ1) is 16.1. The molecular formula is C29H25N3O. The predicted octanol–water partition coefficient (Wildman–Crippen LogP) is 6.51. The Morgan fingerprint density at radius 1 is 1.09 bits per heavy atom. The second kappa shape index (κ2) is 7.64. The lowest BCUT2D eigenvalue weighted by Crippen LogP contribution is -2.06. The number of nitrogens with zero attached hydrogens (tertiary/aromatic N) is 3. The molecule has 0 bridgehead atoms. The van der Waals surface area contributed by atoms with Crippen molar-refractivity contribution in [1.29, 1.82) is 5.26 Å². The van der Waals surface area contributed by atoms with Crippen LogP contribution in [0.2, 0.25) is 0 Å². The molecule has 1 fully saturated rings. The fraction of sp³-hybridized carbons (Fsp3) is 0.241. The van der Waals surface area contributed by atoms with Crippen molar-refractivity contribution in [2.24, 2.45) is 0 Å². The molecule has 1 aliphatic heterocycles. The number of hydrogen-bond donors (Lipinski definition) is 0. The molecule has 0 saturated heterocycles. The molecular weight excluding hydrogens is 406 g/mol. The summed E-state index contributed by atoms with van der Waals surface area (Å²) < 4.78 is 8.58. The van der Waals surface area contributed by atoms with Crippen LogP contribution in [0.5, 0.6) is 5.75 Å². The zero-order valence-corrected chi connectivity index (χ0v) is 18.9. The van der Waals surface area contributed by atoms with Gasteiger partial charge in [-0.15, -0.1) is 0 Å². The van der Waals surface area contributed by atoms with E-state index in [9.17, 15) is 5.26 Å². The third-order valence-corrected chi connectivity index (χ3v) is 6.81. The van der Waals surface area contributed by atoms with E-state index < -0.39 is 0 Å². The van der Waals surface area contributed by atoms with E-state index in [1.807, 2.05) is 31.2 Å². The lowest BCUT2D eigenvalue weighted by Gasteiger charge is -2.14. The van der Waals surface area contributed by atoms with Gasteiger partial charge >= 0.3 is 0 Å². The molecule has 2 aliphatic rings. The predicted molar refractivity (Wildman–Crippen MR) is 130 cm³/mol. The van der Waals surface area contributed by atoms with Gasteiger partial charge in [0, 0.05) is 29.2 Å². The number of fused-ring (bicyclic) bond motifs is 3. The molecule has 162 valence electrons. The van der Waals surface area contributed by atoms with Gasteiger partial charge in [-0.3, -0.25) is 0 Å². The molecule has 0 N–H and O–H groups in total. The van der Waals surface area contributed by atoms with Gasteiger partial charge < -0.3 is 9.30 Å². The third kappa shape index (κ3) is 3.32. The van der Waals surface area contributed by atoms with Crippen LogP contribution in [-0.4, -0.2) is 9.55 Å². The van der Waals surface area contributed by atoms with E-state index >= 15 is 0 Å². The molecule has 0 amide bonds. The lowest BCUT2D eigenvalue weighted by molar-refractivity contribution is 0.307. The molecule has 0 spiro atoms. The molecule has 1 saturated carbocycles. The Hall–Kier alpha value is -3.84. The van der Waals surface area contributed by atoms with Crippen LogP contribution in [0.3, 0.4) is 0 Å². The zero-order chi connectivity index (χ0) is 22.5. The number of benzene rings is 3. The summed E-state index contributed by atoms with van der Waals surface area (Å²) in [6.45, 7) is 5.29. The zero-order valence-electron chi connectivity index (χ0n) is 18.9. The summed E-state index contributed by atoms with van der Waals surface area (Å²) in [5.74, 6) is 2.61. The molecule has 2 heterocycles. The second-order valence-electron chi connectivity index (χ2n) is 9.16. The van der Waals surface area contributed by atoms with Crippen LogP contribution in [0, 0.1) is 18.3 Å². The van der Waals surface area contributed by atoms with Crippen LogP contribution < -0.4 is 4.74 Å². The molecule has 1 aliphatic carbocycles. The van der Waals surface area contributed by atoms with E-state index in [1.54, 1.807) is 0 Å². The third-order valence-electron chi connectivity index (χ3n) is 6.81. The van der Waals surface area contributed by atoms with E-state index in [1.165, 1.54) is 35.3 Å². The minimum absolute atomic E-state index is 0.488. The summed E-state index contributed by atoms with van der Waals surface area (Å²) >= 11 is 0. The number of rotatable bonds is 3. The smallest absolute Gasteiger partial charge is 0.127 e. The summed E-state index contributed by atoms with van der Waals surface area (Å²) in [7, 11) is 0. The maximum Gasteiger partial charge on any atom is 0.127 e.